The molecule has 3 aliphatic heterocycles. The van der Waals surface area contributed by atoms with E-state index in [0.717, 1.165) is 50.1 Å². The maximum absolute atomic E-state index is 12.3. The molecule has 0 unspecified atom stereocenters. The lowest BCUT2D eigenvalue weighted by atomic mass is 10.2. The van der Waals surface area contributed by atoms with Gasteiger partial charge in [-0.25, -0.2) is 8.42 Å². The second-order valence-electron chi connectivity index (χ2n) is 7.50. The van der Waals surface area contributed by atoms with Gasteiger partial charge in [0.25, 0.3) is 5.91 Å². The van der Waals surface area contributed by atoms with Crippen LogP contribution in [0.5, 0.6) is 0 Å². The van der Waals surface area contributed by atoms with E-state index in [1.54, 1.807) is 12.1 Å². The highest BCUT2D eigenvalue weighted by Gasteiger charge is 2.42. The monoisotopic (exact) mass is 438 g/mol. The van der Waals surface area contributed by atoms with Crippen molar-refractivity contribution >= 4 is 38.4 Å². The summed E-state index contributed by atoms with van der Waals surface area (Å²) in [5.74, 6) is 0.258. The van der Waals surface area contributed by atoms with Crippen molar-refractivity contribution in [3.63, 3.8) is 0 Å². The lowest BCUT2D eigenvalue weighted by molar-refractivity contribution is 0.0374. The normalized spacial score (nSPS) is 26.0. The largest absolute Gasteiger partial charge is 0.379 e. The maximum atomic E-state index is 12.3. The van der Waals surface area contributed by atoms with E-state index in [9.17, 15) is 13.2 Å². The van der Waals surface area contributed by atoms with Gasteiger partial charge in [-0.15, -0.1) is 0 Å². The zero-order valence-corrected chi connectivity index (χ0v) is 17.8. The number of sulfone groups is 1. The Balaban J connectivity index is 1.21. The summed E-state index contributed by atoms with van der Waals surface area (Å²) in [4.78, 5) is 19.1. The number of nitrogens with one attached hydrogen (secondary N) is 2. The van der Waals surface area contributed by atoms with Gasteiger partial charge < -0.3 is 15.4 Å². The molecule has 1 aromatic rings. The van der Waals surface area contributed by atoms with Gasteiger partial charge in [0.2, 0.25) is 0 Å². The Hall–Kier alpha value is -1.62. The number of aliphatic imine (C=N–C) groups is 1. The van der Waals surface area contributed by atoms with Crippen LogP contribution in [0.2, 0.25) is 0 Å². The van der Waals surface area contributed by atoms with E-state index in [4.69, 9.17) is 4.74 Å². The molecule has 3 aliphatic rings. The Kier molecular flexibility index (Phi) is 6.43. The van der Waals surface area contributed by atoms with Crippen LogP contribution >= 0.6 is 11.8 Å². The van der Waals surface area contributed by atoms with Gasteiger partial charge in [-0.1, -0.05) is 11.8 Å². The van der Waals surface area contributed by atoms with Gasteiger partial charge in [0.1, 0.15) is 0 Å². The third kappa shape index (κ3) is 5.50. The highest BCUT2D eigenvalue weighted by Crippen LogP contribution is 2.34. The molecular formula is C19H26N4O4S2. The maximum Gasteiger partial charge on any atom is 0.251 e. The third-order valence-electron chi connectivity index (χ3n) is 5.26. The van der Waals surface area contributed by atoms with Crippen molar-refractivity contribution in [1.82, 2.24) is 10.2 Å². The van der Waals surface area contributed by atoms with E-state index < -0.39 is 9.84 Å². The van der Waals surface area contributed by atoms with Gasteiger partial charge in [0.05, 0.1) is 30.8 Å². The number of carbonyl (C=O) groups is 1. The molecule has 29 heavy (non-hydrogen) atoms. The minimum absolute atomic E-state index is 0.0185. The number of thioether (sulfide) groups is 1. The van der Waals surface area contributed by atoms with Gasteiger partial charge in [-0.3, -0.25) is 14.7 Å². The summed E-state index contributed by atoms with van der Waals surface area (Å²) in [5.41, 5.74) is 1.45. The predicted octanol–water partition coefficient (Wildman–Crippen LogP) is 0.819. The number of fused-ring (bicyclic) bond motifs is 1. The highest BCUT2D eigenvalue weighted by molar-refractivity contribution is 8.15. The molecule has 1 aromatic carbocycles. The fourth-order valence-electron chi connectivity index (χ4n) is 3.68. The van der Waals surface area contributed by atoms with Crippen molar-refractivity contribution in [3.05, 3.63) is 29.8 Å². The minimum Gasteiger partial charge on any atom is -0.379 e. The number of carbonyl (C=O) groups excluding carboxylic acids is 1. The van der Waals surface area contributed by atoms with E-state index in [1.807, 2.05) is 12.1 Å². The Morgan fingerprint density at radius 3 is 2.69 bits per heavy atom. The van der Waals surface area contributed by atoms with E-state index in [1.165, 1.54) is 11.8 Å². The molecule has 2 saturated heterocycles. The van der Waals surface area contributed by atoms with Gasteiger partial charge in [-0.2, -0.15) is 0 Å². The molecule has 2 atom stereocenters. The molecule has 3 heterocycles. The van der Waals surface area contributed by atoms with Crippen LogP contribution in [0.1, 0.15) is 16.8 Å². The molecule has 0 bridgehead atoms. The summed E-state index contributed by atoms with van der Waals surface area (Å²) >= 11 is 1.48. The number of amidine groups is 1. The lowest BCUT2D eigenvalue weighted by Crippen LogP contribution is -2.38. The number of nitrogens with zero attached hydrogens (tertiary/aromatic N) is 2. The zero-order chi connectivity index (χ0) is 20.3. The fourth-order valence-corrected chi connectivity index (χ4v) is 7.35. The van der Waals surface area contributed by atoms with Crippen molar-refractivity contribution in [2.45, 2.75) is 17.7 Å². The Morgan fingerprint density at radius 2 is 1.97 bits per heavy atom. The van der Waals surface area contributed by atoms with Crippen LogP contribution in [0, 0.1) is 0 Å². The molecule has 10 heteroatoms. The number of hydrogen-bond acceptors (Lipinski definition) is 8. The average molecular weight is 439 g/mol. The second kappa shape index (κ2) is 9.03. The van der Waals surface area contributed by atoms with Crippen molar-refractivity contribution in [2.75, 3.05) is 56.2 Å². The van der Waals surface area contributed by atoms with Crippen molar-refractivity contribution in [3.8, 4) is 0 Å². The molecule has 8 nitrogen and oxygen atoms in total. The van der Waals surface area contributed by atoms with E-state index in [0.29, 0.717) is 12.1 Å². The molecule has 0 aliphatic carbocycles. The van der Waals surface area contributed by atoms with Gasteiger partial charge in [-0.05, 0) is 37.2 Å². The fraction of sp³-hybridized carbons (Fsp3) is 0.579. The van der Waals surface area contributed by atoms with Gasteiger partial charge in [0.15, 0.2) is 15.0 Å². The van der Waals surface area contributed by atoms with E-state index >= 15 is 0 Å². The summed E-state index contributed by atoms with van der Waals surface area (Å²) in [5, 5.41) is 6.95. The number of benzene rings is 1. The van der Waals surface area contributed by atoms with E-state index in [2.05, 4.69) is 20.5 Å². The van der Waals surface area contributed by atoms with Crippen LogP contribution in [0.4, 0.5) is 5.69 Å². The molecular weight excluding hydrogens is 412 g/mol. The zero-order valence-electron chi connectivity index (χ0n) is 16.2. The highest BCUT2D eigenvalue weighted by atomic mass is 32.2. The van der Waals surface area contributed by atoms with Gasteiger partial charge >= 0.3 is 0 Å². The Morgan fingerprint density at radius 1 is 1.21 bits per heavy atom. The summed E-state index contributed by atoms with van der Waals surface area (Å²) in [6.07, 6.45) is 0.917. The molecule has 158 valence electrons. The van der Waals surface area contributed by atoms with Crippen LogP contribution in [-0.4, -0.2) is 86.6 Å². The third-order valence-corrected chi connectivity index (χ3v) is 8.40. The number of amides is 1. The molecule has 2 fully saturated rings. The van der Waals surface area contributed by atoms with E-state index in [-0.39, 0.29) is 28.7 Å². The molecule has 2 N–H and O–H groups in total. The van der Waals surface area contributed by atoms with Crippen LogP contribution in [0.3, 0.4) is 0 Å². The summed E-state index contributed by atoms with van der Waals surface area (Å²) < 4.78 is 28.6. The first-order valence-electron chi connectivity index (χ1n) is 9.89. The number of anilines is 1. The molecule has 4 rings (SSSR count). The Labute approximate surface area is 175 Å². The van der Waals surface area contributed by atoms with Crippen LogP contribution < -0.4 is 10.6 Å². The number of rotatable bonds is 6. The van der Waals surface area contributed by atoms with Crippen LogP contribution in [0.15, 0.2) is 29.3 Å². The first kappa shape index (κ1) is 20.6. The molecule has 0 spiro atoms. The number of ether oxygens (including phenoxy) is 1. The summed E-state index contributed by atoms with van der Waals surface area (Å²) in [6, 6.07) is 7.11. The minimum atomic E-state index is -2.94. The van der Waals surface area contributed by atoms with Crippen molar-refractivity contribution in [2.24, 2.45) is 4.99 Å². The molecule has 1 amide bonds. The molecule has 0 saturated carbocycles. The topological polar surface area (TPSA) is 100 Å². The SMILES string of the molecule is O=C(NCCCN1CCOCC1)c1ccc(NC2=N[C@@H]3CS(=O)(=O)C[C@@H]3S2)cc1. The summed E-state index contributed by atoms with van der Waals surface area (Å²) in [6.45, 7) is 5.12. The van der Waals surface area contributed by atoms with Gasteiger partial charge in [0, 0.05) is 36.1 Å². The number of hydrogen-bond donors (Lipinski definition) is 2. The first-order valence-corrected chi connectivity index (χ1v) is 12.6. The number of morpholine rings is 1. The van der Waals surface area contributed by atoms with Crippen molar-refractivity contribution < 1.29 is 17.9 Å². The molecule has 0 aromatic heterocycles. The summed E-state index contributed by atoms with van der Waals surface area (Å²) in [7, 11) is -2.94. The standard InChI is InChI=1S/C19H26N4O4S2/c24-18(20-6-1-7-23-8-10-27-11-9-23)14-2-4-15(5-3-14)21-19-22-16-12-29(25,26)13-17(16)28-19/h2-5,16-17H,1,6-13H2,(H,20,24)(H,21,22)/t16-,17+/m1/s1. The lowest BCUT2D eigenvalue weighted by Gasteiger charge is -2.26. The predicted molar refractivity (Wildman–Crippen MR) is 116 cm³/mol. The second-order valence-corrected chi connectivity index (χ2v) is 10.9. The van der Waals surface area contributed by atoms with Crippen molar-refractivity contribution in [1.29, 1.82) is 0 Å². The molecule has 0 radical (unpaired) electrons. The Bertz CT molecular complexity index is 867. The average Bonchev–Trinajstić information content (AvgIpc) is 3.19. The smallest absolute Gasteiger partial charge is 0.251 e. The van der Waals surface area contributed by atoms with Crippen LogP contribution in [0.25, 0.3) is 0 Å². The quantitative estimate of drug-likeness (QED) is 0.634. The van der Waals surface area contributed by atoms with Crippen LogP contribution in [-0.2, 0) is 14.6 Å². The first-order chi connectivity index (χ1) is 14.0.